The highest BCUT2D eigenvalue weighted by Gasteiger charge is 2.07. The van der Waals surface area contributed by atoms with E-state index in [1.54, 1.807) is 12.1 Å². The fourth-order valence-electron chi connectivity index (χ4n) is 1.82. The number of nitrogens with one attached hydrogen (secondary N) is 1. The second-order valence-corrected chi connectivity index (χ2v) is 4.23. The summed E-state index contributed by atoms with van der Waals surface area (Å²) in [5.41, 5.74) is 0.604. The largest absolute Gasteiger partial charge is 0.359 e. The van der Waals surface area contributed by atoms with Crippen molar-refractivity contribution in [2.24, 2.45) is 0 Å². The van der Waals surface area contributed by atoms with Crippen molar-refractivity contribution in [2.45, 2.75) is 6.54 Å². The van der Waals surface area contributed by atoms with Crippen LogP contribution in [0.4, 0.5) is 0 Å². The Morgan fingerprint density at radius 1 is 1.33 bits per heavy atom. The third kappa shape index (κ3) is 1.76. The summed E-state index contributed by atoms with van der Waals surface area (Å²) in [6, 6.07) is 8.97. The maximum Gasteiger partial charge on any atom is 0.262 e. The van der Waals surface area contributed by atoms with Crippen molar-refractivity contribution in [1.82, 2.24) is 14.7 Å². The SMILES string of the molecule is O=c1c2ccccc2[nH]c(=S)n1Cc1ccno1. The van der Waals surface area contributed by atoms with Crippen LogP contribution in [0, 0.1) is 4.77 Å². The van der Waals surface area contributed by atoms with Crippen LogP contribution < -0.4 is 5.56 Å². The van der Waals surface area contributed by atoms with Gasteiger partial charge in [-0.2, -0.15) is 0 Å². The second-order valence-electron chi connectivity index (χ2n) is 3.85. The van der Waals surface area contributed by atoms with Gasteiger partial charge in [-0.15, -0.1) is 0 Å². The van der Waals surface area contributed by atoms with Crippen molar-refractivity contribution >= 4 is 23.1 Å². The molecule has 0 bridgehead atoms. The molecule has 0 atom stereocenters. The third-order valence-electron chi connectivity index (χ3n) is 2.69. The van der Waals surface area contributed by atoms with Gasteiger partial charge in [-0.05, 0) is 24.4 Å². The van der Waals surface area contributed by atoms with Gasteiger partial charge >= 0.3 is 0 Å². The van der Waals surface area contributed by atoms with E-state index >= 15 is 0 Å². The Hall–Kier alpha value is -2.21. The van der Waals surface area contributed by atoms with Crippen LogP contribution in [0.15, 0.2) is 45.8 Å². The van der Waals surface area contributed by atoms with Crippen molar-refractivity contribution in [3.05, 3.63) is 57.4 Å². The van der Waals surface area contributed by atoms with Crippen LogP contribution in [0.1, 0.15) is 5.76 Å². The van der Waals surface area contributed by atoms with Crippen LogP contribution in [-0.2, 0) is 6.54 Å². The second kappa shape index (κ2) is 4.23. The first kappa shape index (κ1) is 10.9. The molecule has 3 aromatic rings. The number of H-pyrrole nitrogens is 1. The maximum absolute atomic E-state index is 12.3. The molecule has 0 unspecified atom stereocenters. The van der Waals surface area contributed by atoms with Crippen LogP contribution in [0.3, 0.4) is 0 Å². The van der Waals surface area contributed by atoms with E-state index in [9.17, 15) is 4.79 Å². The van der Waals surface area contributed by atoms with Gasteiger partial charge in [0.2, 0.25) is 0 Å². The van der Waals surface area contributed by atoms with Crippen molar-refractivity contribution < 1.29 is 4.52 Å². The number of rotatable bonds is 2. The predicted octanol–water partition coefficient (Wildman–Crippen LogP) is 2.10. The molecule has 0 aliphatic rings. The molecule has 5 nitrogen and oxygen atoms in total. The summed E-state index contributed by atoms with van der Waals surface area (Å²) >= 11 is 5.19. The monoisotopic (exact) mass is 259 g/mol. The predicted molar refractivity (Wildman–Crippen MR) is 69.0 cm³/mol. The first-order valence-corrected chi connectivity index (χ1v) is 5.78. The van der Waals surface area contributed by atoms with Gasteiger partial charge in [-0.3, -0.25) is 9.36 Å². The third-order valence-corrected chi connectivity index (χ3v) is 3.02. The van der Waals surface area contributed by atoms with E-state index < -0.39 is 0 Å². The molecule has 90 valence electrons. The number of fused-ring (bicyclic) bond motifs is 1. The lowest BCUT2D eigenvalue weighted by Gasteiger charge is -2.05. The zero-order chi connectivity index (χ0) is 12.5. The maximum atomic E-state index is 12.3. The first-order valence-electron chi connectivity index (χ1n) is 5.37. The molecule has 0 saturated carbocycles. The molecule has 0 aliphatic heterocycles. The van der Waals surface area contributed by atoms with Crippen LogP contribution in [0.25, 0.3) is 10.9 Å². The standard InChI is InChI=1S/C12H9N3O2S/c16-11-9-3-1-2-4-10(9)14-12(18)15(11)7-8-5-6-13-17-8/h1-6H,7H2,(H,14,18). The van der Waals surface area contributed by atoms with Gasteiger partial charge in [0.25, 0.3) is 5.56 Å². The van der Waals surface area contributed by atoms with E-state index in [1.165, 1.54) is 10.8 Å². The Bertz CT molecular complexity index is 802. The molecule has 0 amide bonds. The lowest BCUT2D eigenvalue weighted by Crippen LogP contribution is -2.22. The van der Waals surface area contributed by atoms with E-state index in [2.05, 4.69) is 10.1 Å². The average molecular weight is 259 g/mol. The molecule has 0 spiro atoms. The van der Waals surface area contributed by atoms with E-state index in [0.29, 0.717) is 15.9 Å². The van der Waals surface area contributed by atoms with Gasteiger partial charge in [0.15, 0.2) is 10.5 Å². The van der Waals surface area contributed by atoms with Gasteiger partial charge in [-0.25, -0.2) is 0 Å². The zero-order valence-electron chi connectivity index (χ0n) is 9.29. The van der Waals surface area contributed by atoms with Crippen molar-refractivity contribution in [3.63, 3.8) is 0 Å². The summed E-state index contributed by atoms with van der Waals surface area (Å²) in [5.74, 6) is 0.590. The zero-order valence-corrected chi connectivity index (χ0v) is 10.1. The van der Waals surface area contributed by atoms with Crippen LogP contribution in [-0.4, -0.2) is 14.7 Å². The van der Waals surface area contributed by atoms with Gasteiger partial charge in [0.05, 0.1) is 23.6 Å². The molecule has 6 heteroatoms. The smallest absolute Gasteiger partial charge is 0.262 e. The molecule has 0 radical (unpaired) electrons. The van der Waals surface area contributed by atoms with E-state index in [1.807, 2.05) is 18.2 Å². The topological polar surface area (TPSA) is 63.8 Å². The first-order chi connectivity index (χ1) is 8.75. The lowest BCUT2D eigenvalue weighted by atomic mass is 10.2. The number of aromatic nitrogens is 3. The Balaban J connectivity index is 2.23. The van der Waals surface area contributed by atoms with Gasteiger partial charge < -0.3 is 9.51 Å². The Morgan fingerprint density at radius 3 is 2.94 bits per heavy atom. The highest BCUT2D eigenvalue weighted by molar-refractivity contribution is 7.71. The van der Waals surface area contributed by atoms with Gasteiger partial charge in [0.1, 0.15) is 0 Å². The highest BCUT2D eigenvalue weighted by atomic mass is 32.1. The Morgan fingerprint density at radius 2 is 2.17 bits per heavy atom. The van der Waals surface area contributed by atoms with Gasteiger partial charge in [-0.1, -0.05) is 17.3 Å². The summed E-state index contributed by atoms with van der Waals surface area (Å²) < 4.78 is 6.82. The highest BCUT2D eigenvalue weighted by Crippen LogP contribution is 2.07. The molecule has 0 fully saturated rings. The number of para-hydroxylation sites is 1. The fourth-order valence-corrected chi connectivity index (χ4v) is 2.08. The molecule has 0 aliphatic carbocycles. The molecule has 18 heavy (non-hydrogen) atoms. The number of nitrogens with zero attached hydrogens (tertiary/aromatic N) is 2. The summed E-state index contributed by atoms with van der Waals surface area (Å²) in [6.45, 7) is 0.277. The number of aromatic amines is 1. The van der Waals surface area contributed by atoms with Crippen molar-refractivity contribution in [2.75, 3.05) is 0 Å². The minimum Gasteiger partial charge on any atom is -0.359 e. The lowest BCUT2D eigenvalue weighted by molar-refractivity contribution is 0.374. The minimum absolute atomic E-state index is 0.134. The number of benzene rings is 1. The summed E-state index contributed by atoms with van der Waals surface area (Å²) in [4.78, 5) is 15.3. The summed E-state index contributed by atoms with van der Waals surface area (Å²) in [6.07, 6.45) is 1.54. The van der Waals surface area contributed by atoms with E-state index in [4.69, 9.17) is 16.7 Å². The molecular weight excluding hydrogens is 250 g/mol. The summed E-state index contributed by atoms with van der Waals surface area (Å²) in [7, 11) is 0. The average Bonchev–Trinajstić information content (AvgIpc) is 2.87. The molecule has 2 aromatic heterocycles. The molecule has 1 N–H and O–H groups in total. The molecule has 2 heterocycles. The number of hydrogen-bond donors (Lipinski definition) is 1. The minimum atomic E-state index is -0.134. The van der Waals surface area contributed by atoms with Crippen LogP contribution in [0.2, 0.25) is 0 Å². The normalized spacial score (nSPS) is 10.9. The quantitative estimate of drug-likeness (QED) is 0.716. The molecule has 3 rings (SSSR count). The van der Waals surface area contributed by atoms with Crippen LogP contribution in [0.5, 0.6) is 0 Å². The Kier molecular flexibility index (Phi) is 2.56. The van der Waals surface area contributed by atoms with Crippen molar-refractivity contribution in [1.29, 1.82) is 0 Å². The number of hydrogen-bond acceptors (Lipinski definition) is 4. The Labute approximate surface area is 107 Å². The molecular formula is C12H9N3O2S. The summed E-state index contributed by atoms with van der Waals surface area (Å²) in [5, 5.41) is 4.21. The fraction of sp³-hybridized carbons (Fsp3) is 0.0833. The van der Waals surface area contributed by atoms with Crippen LogP contribution >= 0.6 is 12.2 Å². The van der Waals surface area contributed by atoms with Crippen molar-refractivity contribution in [3.8, 4) is 0 Å². The van der Waals surface area contributed by atoms with E-state index in [0.717, 1.165) is 5.52 Å². The van der Waals surface area contributed by atoms with Gasteiger partial charge in [0, 0.05) is 6.07 Å². The molecule has 0 saturated heterocycles. The molecule has 1 aromatic carbocycles. The van der Waals surface area contributed by atoms with E-state index in [-0.39, 0.29) is 12.1 Å².